The lowest BCUT2D eigenvalue weighted by Gasteiger charge is -2.31. The smallest absolute Gasteiger partial charge is 0.274 e. The third-order valence-electron chi connectivity index (χ3n) is 5.37. The minimum absolute atomic E-state index is 0.0520. The molecule has 0 spiro atoms. The van der Waals surface area contributed by atoms with Crippen LogP contribution in [0.25, 0.3) is 10.2 Å². The number of carbonyl (C=O) groups is 1. The molecular weight excluding hydrogens is 420 g/mol. The normalized spacial score (nSPS) is 15.5. The van der Waals surface area contributed by atoms with Gasteiger partial charge in [0.1, 0.15) is 6.10 Å². The molecule has 6 nitrogen and oxygen atoms in total. The lowest BCUT2D eigenvalue weighted by molar-refractivity contribution is -0.132. The number of carbonyl (C=O) groups excluding carboxylic acids is 1. The number of hydrogen-bond acceptors (Lipinski definition) is 6. The van der Waals surface area contributed by atoms with Crippen molar-refractivity contribution in [2.75, 3.05) is 19.3 Å². The highest BCUT2D eigenvalue weighted by Crippen LogP contribution is 2.31. The van der Waals surface area contributed by atoms with Gasteiger partial charge in [0.15, 0.2) is 9.84 Å². The Labute approximate surface area is 180 Å². The van der Waals surface area contributed by atoms with Crippen LogP contribution >= 0.6 is 11.3 Å². The molecule has 1 saturated heterocycles. The minimum atomic E-state index is -3.23. The second kappa shape index (κ2) is 8.35. The number of likely N-dealkylation sites (tertiary alicyclic amines) is 1. The van der Waals surface area contributed by atoms with E-state index in [2.05, 4.69) is 11.1 Å². The molecule has 8 heteroatoms. The summed E-state index contributed by atoms with van der Waals surface area (Å²) in [6, 6.07) is 12.6. The number of para-hydroxylation sites is 1. The number of benzene rings is 2. The van der Waals surface area contributed by atoms with E-state index < -0.39 is 9.84 Å². The van der Waals surface area contributed by atoms with Gasteiger partial charge in [-0.05, 0) is 36.2 Å². The van der Waals surface area contributed by atoms with E-state index in [-0.39, 0.29) is 23.3 Å². The first-order chi connectivity index (χ1) is 14.3. The number of thiazole rings is 1. The number of aromatic nitrogens is 1. The molecule has 0 unspecified atom stereocenters. The van der Waals surface area contributed by atoms with Gasteiger partial charge in [0.05, 0.1) is 21.5 Å². The first-order valence-electron chi connectivity index (χ1n) is 9.89. The van der Waals surface area contributed by atoms with Gasteiger partial charge < -0.3 is 9.64 Å². The molecule has 30 heavy (non-hydrogen) atoms. The first kappa shape index (κ1) is 20.8. The molecule has 0 radical (unpaired) electrons. The Balaban J connectivity index is 1.31. The fourth-order valence-electron chi connectivity index (χ4n) is 3.62. The third-order valence-corrected chi connectivity index (χ3v) is 7.41. The SMILES string of the molecule is Cc1cccc2sc(OC3CCN(C(=O)Cc4ccc(S(C)(=O)=O)cc4)CC3)nc12. The quantitative estimate of drug-likeness (QED) is 0.601. The van der Waals surface area contributed by atoms with Crippen molar-refractivity contribution in [1.29, 1.82) is 0 Å². The topological polar surface area (TPSA) is 76.6 Å². The van der Waals surface area contributed by atoms with Crippen molar-refractivity contribution in [3.8, 4) is 5.19 Å². The summed E-state index contributed by atoms with van der Waals surface area (Å²) in [5.41, 5.74) is 2.95. The zero-order valence-electron chi connectivity index (χ0n) is 17.0. The molecular formula is C22H24N2O4S2. The Morgan fingerprint density at radius 1 is 1.17 bits per heavy atom. The van der Waals surface area contributed by atoms with E-state index in [1.54, 1.807) is 35.6 Å². The van der Waals surface area contributed by atoms with Gasteiger partial charge in [0.25, 0.3) is 5.19 Å². The summed E-state index contributed by atoms with van der Waals surface area (Å²) >= 11 is 1.56. The van der Waals surface area contributed by atoms with Crippen molar-refractivity contribution < 1.29 is 17.9 Å². The highest BCUT2D eigenvalue weighted by atomic mass is 32.2. The van der Waals surface area contributed by atoms with E-state index in [0.29, 0.717) is 18.3 Å². The van der Waals surface area contributed by atoms with Crippen LogP contribution in [-0.4, -0.2) is 49.7 Å². The molecule has 0 bridgehead atoms. The van der Waals surface area contributed by atoms with Crippen LogP contribution in [0.5, 0.6) is 5.19 Å². The molecule has 4 rings (SSSR count). The fourth-order valence-corrected chi connectivity index (χ4v) is 5.21. The zero-order chi connectivity index (χ0) is 21.3. The van der Waals surface area contributed by atoms with Crippen molar-refractivity contribution in [3.63, 3.8) is 0 Å². The number of ether oxygens (including phenoxy) is 1. The summed E-state index contributed by atoms with van der Waals surface area (Å²) in [7, 11) is -3.23. The number of piperidine rings is 1. The molecule has 1 fully saturated rings. The molecule has 0 saturated carbocycles. The molecule has 0 N–H and O–H groups in total. The van der Waals surface area contributed by atoms with Gasteiger partial charge >= 0.3 is 0 Å². The summed E-state index contributed by atoms with van der Waals surface area (Å²) in [6.45, 7) is 3.34. The number of nitrogens with zero attached hydrogens (tertiary/aromatic N) is 2. The van der Waals surface area contributed by atoms with Crippen LogP contribution in [0.4, 0.5) is 0 Å². The van der Waals surface area contributed by atoms with Gasteiger partial charge in [-0.25, -0.2) is 13.4 Å². The number of sulfone groups is 1. The Morgan fingerprint density at radius 3 is 2.50 bits per heavy atom. The third kappa shape index (κ3) is 4.65. The fraction of sp³-hybridized carbons (Fsp3) is 0.364. The Hall–Kier alpha value is -2.45. The summed E-state index contributed by atoms with van der Waals surface area (Å²) in [5.74, 6) is 0.0520. The van der Waals surface area contributed by atoms with Crippen molar-refractivity contribution in [2.24, 2.45) is 0 Å². The zero-order valence-corrected chi connectivity index (χ0v) is 18.6. The van der Waals surface area contributed by atoms with Crippen LogP contribution in [0.15, 0.2) is 47.4 Å². The van der Waals surface area contributed by atoms with Crippen molar-refractivity contribution in [1.82, 2.24) is 9.88 Å². The van der Waals surface area contributed by atoms with Gasteiger partial charge in [0.2, 0.25) is 5.91 Å². The number of rotatable bonds is 5. The number of amides is 1. The molecule has 3 aromatic rings. The largest absolute Gasteiger partial charge is 0.467 e. The minimum Gasteiger partial charge on any atom is -0.467 e. The van der Waals surface area contributed by atoms with E-state index in [1.807, 2.05) is 24.0 Å². The predicted molar refractivity (Wildman–Crippen MR) is 118 cm³/mol. The van der Waals surface area contributed by atoms with Crippen LogP contribution in [0.2, 0.25) is 0 Å². The van der Waals surface area contributed by atoms with E-state index in [0.717, 1.165) is 34.2 Å². The molecule has 158 valence electrons. The highest BCUT2D eigenvalue weighted by molar-refractivity contribution is 7.90. The van der Waals surface area contributed by atoms with Gasteiger partial charge in [0, 0.05) is 32.2 Å². The van der Waals surface area contributed by atoms with E-state index in [9.17, 15) is 13.2 Å². The summed E-state index contributed by atoms with van der Waals surface area (Å²) in [4.78, 5) is 19.4. The first-order valence-corrected chi connectivity index (χ1v) is 12.6. The van der Waals surface area contributed by atoms with E-state index in [4.69, 9.17) is 4.74 Å². The monoisotopic (exact) mass is 444 g/mol. The molecule has 2 aromatic carbocycles. The maximum Gasteiger partial charge on any atom is 0.274 e. The Bertz CT molecular complexity index is 1160. The maximum atomic E-state index is 12.6. The molecule has 1 aromatic heterocycles. The van der Waals surface area contributed by atoms with Gasteiger partial charge in [-0.2, -0.15) is 0 Å². The van der Waals surface area contributed by atoms with Gasteiger partial charge in [-0.1, -0.05) is 35.6 Å². The molecule has 2 heterocycles. The van der Waals surface area contributed by atoms with Crippen molar-refractivity contribution in [3.05, 3.63) is 53.6 Å². The standard InChI is InChI=1S/C22H24N2O4S2/c1-15-4-3-5-19-21(15)23-22(29-19)28-17-10-12-24(13-11-17)20(25)14-16-6-8-18(9-7-16)30(2,26)27/h3-9,17H,10-14H2,1-2H3. The van der Waals surface area contributed by atoms with E-state index in [1.165, 1.54) is 6.26 Å². The number of hydrogen-bond donors (Lipinski definition) is 0. The Kier molecular flexibility index (Phi) is 5.79. The van der Waals surface area contributed by atoms with Crippen molar-refractivity contribution in [2.45, 2.75) is 37.2 Å². The average Bonchev–Trinajstić information content (AvgIpc) is 3.12. The Morgan fingerprint density at radius 2 is 1.87 bits per heavy atom. The number of aryl methyl sites for hydroxylation is 1. The second-order valence-electron chi connectivity index (χ2n) is 7.69. The molecule has 1 amide bonds. The average molecular weight is 445 g/mol. The lowest BCUT2D eigenvalue weighted by Crippen LogP contribution is -2.42. The van der Waals surface area contributed by atoms with Crippen LogP contribution < -0.4 is 4.74 Å². The molecule has 1 aliphatic heterocycles. The summed E-state index contributed by atoms with van der Waals surface area (Å²) in [6.07, 6.45) is 3.05. The van der Waals surface area contributed by atoms with Crippen LogP contribution in [-0.2, 0) is 21.1 Å². The van der Waals surface area contributed by atoms with Gasteiger partial charge in [-0.15, -0.1) is 0 Å². The van der Waals surface area contributed by atoms with Crippen LogP contribution in [0, 0.1) is 6.92 Å². The summed E-state index contributed by atoms with van der Waals surface area (Å²) in [5, 5.41) is 0.690. The molecule has 0 aliphatic carbocycles. The molecule has 1 aliphatic rings. The predicted octanol–water partition coefficient (Wildman–Crippen LogP) is 3.62. The summed E-state index contributed by atoms with van der Waals surface area (Å²) < 4.78 is 30.3. The highest BCUT2D eigenvalue weighted by Gasteiger charge is 2.25. The van der Waals surface area contributed by atoms with Gasteiger partial charge in [-0.3, -0.25) is 4.79 Å². The second-order valence-corrected chi connectivity index (χ2v) is 10.7. The van der Waals surface area contributed by atoms with Crippen molar-refractivity contribution >= 4 is 37.3 Å². The lowest BCUT2D eigenvalue weighted by atomic mass is 10.1. The van der Waals surface area contributed by atoms with Crippen LogP contribution in [0.1, 0.15) is 24.0 Å². The molecule has 0 atom stereocenters. The number of fused-ring (bicyclic) bond motifs is 1. The van der Waals surface area contributed by atoms with Crippen LogP contribution in [0.3, 0.4) is 0 Å². The van der Waals surface area contributed by atoms with E-state index >= 15 is 0 Å². The maximum absolute atomic E-state index is 12.6.